The molecule has 1 amide bonds. The van der Waals surface area contributed by atoms with Crippen LogP contribution in [0.2, 0.25) is 0 Å². The van der Waals surface area contributed by atoms with Crippen molar-refractivity contribution in [3.05, 3.63) is 42.2 Å². The van der Waals surface area contributed by atoms with Crippen LogP contribution in [0.1, 0.15) is 23.3 Å². The van der Waals surface area contributed by atoms with Crippen LogP contribution in [0.4, 0.5) is 0 Å². The quantitative estimate of drug-likeness (QED) is 0.763. The number of aromatic nitrogens is 2. The third-order valence-corrected chi connectivity index (χ3v) is 5.42. The number of carbonyl (C=O) groups is 1. The highest BCUT2D eigenvalue weighted by Gasteiger charge is 2.33. The van der Waals surface area contributed by atoms with Gasteiger partial charge in [-0.1, -0.05) is 18.2 Å². The highest BCUT2D eigenvalue weighted by molar-refractivity contribution is 6.09. The number of hydrogen-bond donors (Lipinski definition) is 2. The predicted octanol–water partition coefficient (Wildman–Crippen LogP) is 2.54. The molecule has 0 spiro atoms. The van der Waals surface area contributed by atoms with E-state index in [1.807, 2.05) is 24.3 Å². The Morgan fingerprint density at radius 2 is 2.12 bits per heavy atom. The van der Waals surface area contributed by atoms with Crippen LogP contribution in [0.15, 0.2) is 36.5 Å². The lowest BCUT2D eigenvalue weighted by Gasteiger charge is -2.30. The summed E-state index contributed by atoms with van der Waals surface area (Å²) < 4.78 is 0. The fraction of sp³-hybridized carbons (Fsp3) is 0.368. The van der Waals surface area contributed by atoms with Gasteiger partial charge in [-0.3, -0.25) is 4.79 Å². The fourth-order valence-electron chi connectivity index (χ4n) is 4.30. The van der Waals surface area contributed by atoms with Gasteiger partial charge in [0.25, 0.3) is 5.91 Å². The Hall–Kier alpha value is -2.40. The average Bonchev–Trinajstić information content (AvgIpc) is 3.14. The summed E-state index contributed by atoms with van der Waals surface area (Å²) in [6.07, 6.45) is 4.13. The Balaban J connectivity index is 1.43. The first-order valence-corrected chi connectivity index (χ1v) is 8.66. The van der Waals surface area contributed by atoms with E-state index in [1.54, 1.807) is 6.20 Å². The van der Waals surface area contributed by atoms with Crippen LogP contribution in [-0.2, 0) is 0 Å². The van der Waals surface area contributed by atoms with Crippen LogP contribution >= 0.6 is 0 Å². The third-order valence-electron chi connectivity index (χ3n) is 5.42. The number of nitrogens with zero attached hydrogens (tertiary/aromatic N) is 2. The zero-order valence-corrected chi connectivity index (χ0v) is 13.5. The first-order chi connectivity index (χ1) is 11.8. The van der Waals surface area contributed by atoms with Crippen LogP contribution in [0.5, 0.6) is 0 Å². The largest absolute Gasteiger partial charge is 0.353 e. The van der Waals surface area contributed by atoms with Crippen molar-refractivity contribution in [1.82, 2.24) is 20.2 Å². The van der Waals surface area contributed by atoms with Gasteiger partial charge in [-0.2, -0.15) is 0 Å². The first-order valence-electron chi connectivity index (χ1n) is 8.66. The van der Waals surface area contributed by atoms with E-state index in [4.69, 9.17) is 0 Å². The van der Waals surface area contributed by atoms with E-state index in [-0.39, 0.29) is 11.9 Å². The van der Waals surface area contributed by atoms with Crippen molar-refractivity contribution in [1.29, 1.82) is 0 Å². The molecule has 2 aliphatic heterocycles. The van der Waals surface area contributed by atoms with Crippen molar-refractivity contribution in [3.8, 4) is 0 Å². The molecule has 0 radical (unpaired) electrons. The van der Waals surface area contributed by atoms with Gasteiger partial charge in [0.15, 0.2) is 0 Å². The number of fused-ring (bicyclic) bond motifs is 5. The molecule has 5 nitrogen and oxygen atoms in total. The van der Waals surface area contributed by atoms with Crippen LogP contribution in [0, 0.1) is 5.92 Å². The predicted molar refractivity (Wildman–Crippen MR) is 94.0 cm³/mol. The molecule has 2 aliphatic rings. The van der Waals surface area contributed by atoms with Gasteiger partial charge in [-0.15, -0.1) is 0 Å². The summed E-state index contributed by atoms with van der Waals surface area (Å²) in [6, 6.07) is 10.3. The second-order valence-corrected chi connectivity index (χ2v) is 7.11. The van der Waals surface area contributed by atoms with E-state index >= 15 is 0 Å². The summed E-state index contributed by atoms with van der Waals surface area (Å²) in [7, 11) is 0. The standard InChI is InChI=1S/C19H20N4O/c24-19(21-13-7-12-5-6-23(10-12)11-13)17-8-15-14-3-1-2-4-16(14)22-18(15)9-20-17/h1-4,8-9,12-13,22H,5-7,10-11H2,(H,21,24)/t12-,13-/m1/s1. The summed E-state index contributed by atoms with van der Waals surface area (Å²) in [4.78, 5) is 22.8. The lowest BCUT2D eigenvalue weighted by molar-refractivity contribution is 0.0904. The molecule has 2 saturated heterocycles. The van der Waals surface area contributed by atoms with Gasteiger partial charge in [0, 0.05) is 35.4 Å². The van der Waals surface area contributed by atoms with Crippen molar-refractivity contribution in [2.24, 2.45) is 5.92 Å². The van der Waals surface area contributed by atoms with Gasteiger partial charge in [0.1, 0.15) is 5.69 Å². The van der Waals surface area contributed by atoms with Gasteiger partial charge in [0.05, 0.1) is 11.7 Å². The number of pyridine rings is 1. The molecule has 122 valence electrons. The molecule has 0 saturated carbocycles. The SMILES string of the molecule is O=C(N[C@@H]1C[C@H]2CCN(C2)C1)c1cc2c(cn1)[nH]c1ccccc12. The summed E-state index contributed by atoms with van der Waals surface area (Å²) >= 11 is 0. The lowest BCUT2D eigenvalue weighted by Crippen LogP contribution is -2.47. The second kappa shape index (κ2) is 5.31. The maximum absolute atomic E-state index is 12.6. The Morgan fingerprint density at radius 3 is 3.04 bits per heavy atom. The van der Waals surface area contributed by atoms with E-state index in [1.165, 1.54) is 19.5 Å². The number of benzene rings is 1. The summed E-state index contributed by atoms with van der Waals surface area (Å²) in [5, 5.41) is 5.37. The van der Waals surface area contributed by atoms with Crippen molar-refractivity contribution in [3.63, 3.8) is 0 Å². The molecule has 1 aromatic carbocycles. The highest BCUT2D eigenvalue weighted by atomic mass is 16.1. The maximum atomic E-state index is 12.6. The zero-order valence-electron chi connectivity index (χ0n) is 13.5. The van der Waals surface area contributed by atoms with E-state index in [0.717, 1.165) is 40.7 Å². The van der Waals surface area contributed by atoms with E-state index in [2.05, 4.69) is 26.3 Å². The minimum atomic E-state index is -0.0605. The Bertz CT molecular complexity index is 919. The summed E-state index contributed by atoms with van der Waals surface area (Å²) in [6.45, 7) is 3.35. The number of carbonyl (C=O) groups excluding carboxylic acids is 1. The van der Waals surface area contributed by atoms with Gasteiger partial charge >= 0.3 is 0 Å². The molecule has 24 heavy (non-hydrogen) atoms. The molecule has 2 N–H and O–H groups in total. The second-order valence-electron chi connectivity index (χ2n) is 7.11. The highest BCUT2D eigenvalue weighted by Crippen LogP contribution is 2.27. The number of para-hydroxylation sites is 1. The van der Waals surface area contributed by atoms with Gasteiger partial charge in [-0.25, -0.2) is 4.98 Å². The maximum Gasteiger partial charge on any atom is 0.270 e. The monoisotopic (exact) mass is 320 g/mol. The molecular formula is C19H20N4O. The van der Waals surface area contributed by atoms with Crippen LogP contribution in [-0.4, -0.2) is 46.5 Å². The van der Waals surface area contributed by atoms with Gasteiger partial charge in [-0.05, 0) is 37.4 Å². The molecule has 2 fully saturated rings. The topological polar surface area (TPSA) is 61.0 Å². The molecule has 2 aromatic heterocycles. The first kappa shape index (κ1) is 14.0. The third kappa shape index (κ3) is 2.27. The van der Waals surface area contributed by atoms with Crippen molar-refractivity contribution >= 4 is 27.7 Å². The van der Waals surface area contributed by atoms with E-state index in [0.29, 0.717) is 5.69 Å². The number of rotatable bonds is 2. The van der Waals surface area contributed by atoms with Crippen molar-refractivity contribution in [2.45, 2.75) is 18.9 Å². The smallest absolute Gasteiger partial charge is 0.270 e. The Labute approximate surface area is 140 Å². The average molecular weight is 320 g/mol. The number of amides is 1. The molecule has 4 heterocycles. The number of hydrogen-bond acceptors (Lipinski definition) is 3. The number of H-pyrrole nitrogens is 1. The zero-order chi connectivity index (χ0) is 16.1. The van der Waals surface area contributed by atoms with E-state index in [9.17, 15) is 4.79 Å². The van der Waals surface area contributed by atoms with Crippen LogP contribution < -0.4 is 5.32 Å². The molecule has 0 aliphatic carbocycles. The summed E-state index contributed by atoms with van der Waals surface area (Å²) in [5.74, 6) is 0.683. The summed E-state index contributed by atoms with van der Waals surface area (Å²) in [5.41, 5.74) is 2.54. The van der Waals surface area contributed by atoms with Crippen molar-refractivity contribution < 1.29 is 4.79 Å². The van der Waals surface area contributed by atoms with Crippen molar-refractivity contribution in [2.75, 3.05) is 19.6 Å². The molecule has 3 atom stereocenters. The van der Waals surface area contributed by atoms with Crippen LogP contribution in [0.25, 0.3) is 21.8 Å². The molecule has 5 heteroatoms. The van der Waals surface area contributed by atoms with Gasteiger partial charge in [0.2, 0.25) is 0 Å². The Kier molecular flexibility index (Phi) is 3.10. The minimum absolute atomic E-state index is 0.0605. The minimum Gasteiger partial charge on any atom is -0.353 e. The van der Waals surface area contributed by atoms with Gasteiger partial charge < -0.3 is 15.2 Å². The molecule has 2 bridgehead atoms. The molecule has 3 aromatic rings. The lowest BCUT2D eigenvalue weighted by atomic mass is 9.97. The Morgan fingerprint density at radius 1 is 1.21 bits per heavy atom. The normalized spacial score (nSPS) is 26.1. The number of nitrogens with one attached hydrogen (secondary N) is 2. The molecular weight excluding hydrogens is 300 g/mol. The molecule has 5 rings (SSSR count). The number of piperidine rings is 1. The fourth-order valence-corrected chi connectivity index (χ4v) is 4.30. The van der Waals surface area contributed by atoms with Crippen LogP contribution in [0.3, 0.4) is 0 Å². The molecule has 1 unspecified atom stereocenters. The van der Waals surface area contributed by atoms with E-state index < -0.39 is 0 Å². The number of aromatic amines is 1.